The molecule has 8 heteroatoms. The van der Waals surface area contributed by atoms with Gasteiger partial charge in [0, 0.05) is 24.0 Å². The Balaban J connectivity index is 1.56. The fourth-order valence-corrected chi connectivity index (χ4v) is 3.41. The quantitative estimate of drug-likeness (QED) is 0.690. The lowest BCUT2D eigenvalue weighted by Crippen LogP contribution is -2.45. The molecule has 0 aromatic heterocycles. The van der Waals surface area contributed by atoms with Crippen molar-refractivity contribution in [2.45, 2.75) is 13.0 Å². The first-order valence-electron chi connectivity index (χ1n) is 8.73. The molecule has 3 amide bonds. The molecule has 2 aromatic rings. The summed E-state index contributed by atoms with van der Waals surface area (Å²) in [4.78, 5) is 38.6. The molecular weight excluding hydrogens is 426 g/mol. The van der Waals surface area contributed by atoms with Gasteiger partial charge in [-0.15, -0.1) is 0 Å². The van der Waals surface area contributed by atoms with Crippen molar-refractivity contribution < 1.29 is 19.1 Å². The highest BCUT2D eigenvalue weighted by molar-refractivity contribution is 9.10. The molecule has 0 aliphatic carbocycles. The molecule has 1 atom stereocenters. The number of hydrogen-bond acceptors (Lipinski definition) is 4. The number of benzene rings is 2. The Kier molecular flexibility index (Phi) is 6.30. The zero-order valence-electron chi connectivity index (χ0n) is 15.3. The molecule has 0 bridgehead atoms. The van der Waals surface area contributed by atoms with Crippen LogP contribution >= 0.6 is 15.9 Å². The third kappa shape index (κ3) is 4.69. The third-order valence-corrected chi connectivity index (χ3v) is 5.00. The van der Waals surface area contributed by atoms with E-state index in [1.807, 2.05) is 30.3 Å². The zero-order chi connectivity index (χ0) is 20.1. The molecule has 0 saturated carbocycles. The lowest BCUT2D eigenvalue weighted by Gasteiger charge is -2.17. The van der Waals surface area contributed by atoms with Crippen LogP contribution in [0.25, 0.3) is 0 Å². The van der Waals surface area contributed by atoms with E-state index < -0.39 is 17.7 Å². The van der Waals surface area contributed by atoms with Crippen molar-refractivity contribution in [1.82, 2.24) is 15.8 Å². The summed E-state index contributed by atoms with van der Waals surface area (Å²) in [6.07, 6.45) is 0.120. The second kappa shape index (κ2) is 8.88. The van der Waals surface area contributed by atoms with E-state index in [0.717, 1.165) is 5.56 Å². The monoisotopic (exact) mass is 445 g/mol. The van der Waals surface area contributed by atoms with Crippen molar-refractivity contribution >= 4 is 33.7 Å². The van der Waals surface area contributed by atoms with Gasteiger partial charge < -0.3 is 9.64 Å². The molecule has 0 radical (unpaired) electrons. The molecule has 1 aliphatic rings. The zero-order valence-corrected chi connectivity index (χ0v) is 16.9. The maximum Gasteiger partial charge on any atom is 0.273 e. The lowest BCUT2D eigenvalue weighted by molar-refractivity contribution is -0.129. The molecule has 146 valence electrons. The van der Waals surface area contributed by atoms with Crippen LogP contribution in [0.2, 0.25) is 0 Å². The summed E-state index contributed by atoms with van der Waals surface area (Å²) in [5.74, 6) is -1.10. The van der Waals surface area contributed by atoms with Crippen LogP contribution in [0.15, 0.2) is 53.0 Å². The van der Waals surface area contributed by atoms with Crippen LogP contribution in [-0.4, -0.2) is 36.3 Å². The first-order valence-corrected chi connectivity index (χ1v) is 9.52. The molecule has 2 aromatic carbocycles. The number of ether oxygens (including phenoxy) is 1. The fourth-order valence-electron chi connectivity index (χ4n) is 3.05. The molecule has 7 nitrogen and oxygen atoms in total. The maximum absolute atomic E-state index is 12.4. The number of nitrogens with one attached hydrogen (secondary N) is 2. The maximum atomic E-state index is 12.4. The second-order valence-electron chi connectivity index (χ2n) is 6.45. The number of methoxy groups -OCH3 is 1. The van der Waals surface area contributed by atoms with E-state index >= 15 is 0 Å². The average molecular weight is 446 g/mol. The molecule has 0 spiro atoms. The largest absolute Gasteiger partial charge is 0.496 e. The molecule has 1 unspecified atom stereocenters. The van der Waals surface area contributed by atoms with Gasteiger partial charge in [-0.05, 0) is 23.8 Å². The van der Waals surface area contributed by atoms with Crippen molar-refractivity contribution in [3.8, 4) is 5.75 Å². The highest BCUT2D eigenvalue weighted by Gasteiger charge is 2.34. The Hall–Kier alpha value is -2.87. The van der Waals surface area contributed by atoms with Crippen LogP contribution in [0.3, 0.4) is 0 Å². The van der Waals surface area contributed by atoms with Crippen LogP contribution in [0.1, 0.15) is 22.3 Å². The van der Waals surface area contributed by atoms with Gasteiger partial charge in [0.15, 0.2) is 0 Å². The summed E-state index contributed by atoms with van der Waals surface area (Å²) in [6.45, 7) is 0.778. The summed E-state index contributed by atoms with van der Waals surface area (Å²) in [6, 6.07) is 14.6. The van der Waals surface area contributed by atoms with E-state index in [4.69, 9.17) is 4.74 Å². The Bertz CT molecular complexity index is 888. The normalized spacial score (nSPS) is 16.0. The van der Waals surface area contributed by atoms with E-state index in [1.165, 1.54) is 7.11 Å². The molecule has 1 saturated heterocycles. The van der Waals surface area contributed by atoms with Gasteiger partial charge in [0.05, 0.1) is 18.6 Å². The van der Waals surface area contributed by atoms with E-state index in [2.05, 4.69) is 26.8 Å². The Labute approximate surface area is 171 Å². The highest BCUT2D eigenvalue weighted by atomic mass is 79.9. The third-order valence-electron chi connectivity index (χ3n) is 4.51. The predicted molar refractivity (Wildman–Crippen MR) is 106 cm³/mol. The number of nitrogens with zero attached hydrogens (tertiary/aromatic N) is 1. The van der Waals surface area contributed by atoms with Gasteiger partial charge in [-0.1, -0.05) is 46.3 Å². The lowest BCUT2D eigenvalue weighted by atomic mass is 10.1. The molecule has 1 fully saturated rings. The Morgan fingerprint density at radius 3 is 2.64 bits per heavy atom. The number of rotatable bonds is 5. The van der Waals surface area contributed by atoms with Crippen molar-refractivity contribution in [2.75, 3.05) is 13.7 Å². The molecule has 28 heavy (non-hydrogen) atoms. The first-order chi connectivity index (χ1) is 13.5. The summed E-state index contributed by atoms with van der Waals surface area (Å²) >= 11 is 3.30. The number of carbonyl (C=O) groups is 3. The van der Waals surface area contributed by atoms with Gasteiger partial charge in [0.1, 0.15) is 5.75 Å². The molecule has 1 aliphatic heterocycles. The van der Waals surface area contributed by atoms with Crippen molar-refractivity contribution in [1.29, 1.82) is 0 Å². The summed E-state index contributed by atoms with van der Waals surface area (Å²) in [5, 5.41) is 0. The topological polar surface area (TPSA) is 87.7 Å². The van der Waals surface area contributed by atoms with Crippen LogP contribution in [0, 0.1) is 5.92 Å². The van der Waals surface area contributed by atoms with E-state index in [0.29, 0.717) is 23.3 Å². The summed E-state index contributed by atoms with van der Waals surface area (Å²) in [5.41, 5.74) is 6.09. The predicted octanol–water partition coefficient (Wildman–Crippen LogP) is 2.27. The summed E-state index contributed by atoms with van der Waals surface area (Å²) in [7, 11) is 1.46. The van der Waals surface area contributed by atoms with Gasteiger partial charge in [-0.3, -0.25) is 25.2 Å². The fraction of sp³-hybridized carbons (Fsp3) is 0.250. The number of amides is 3. The first kappa shape index (κ1) is 19.9. The molecule has 2 N–H and O–H groups in total. The van der Waals surface area contributed by atoms with Crippen LogP contribution in [-0.2, 0) is 16.1 Å². The molecule has 1 heterocycles. The van der Waals surface area contributed by atoms with E-state index in [1.54, 1.807) is 23.1 Å². The highest BCUT2D eigenvalue weighted by Crippen LogP contribution is 2.23. The van der Waals surface area contributed by atoms with Gasteiger partial charge in [-0.2, -0.15) is 0 Å². The smallest absolute Gasteiger partial charge is 0.273 e. The minimum absolute atomic E-state index is 0.0796. The average Bonchev–Trinajstić information content (AvgIpc) is 3.07. The van der Waals surface area contributed by atoms with Crippen molar-refractivity contribution in [3.05, 3.63) is 64.1 Å². The minimum Gasteiger partial charge on any atom is -0.496 e. The number of carbonyl (C=O) groups excluding carboxylic acids is 3. The second-order valence-corrected chi connectivity index (χ2v) is 7.36. The Morgan fingerprint density at radius 1 is 1.18 bits per heavy atom. The number of hydrazine groups is 1. The van der Waals surface area contributed by atoms with Crippen molar-refractivity contribution in [3.63, 3.8) is 0 Å². The Morgan fingerprint density at radius 2 is 1.93 bits per heavy atom. The van der Waals surface area contributed by atoms with Gasteiger partial charge in [-0.25, -0.2) is 0 Å². The minimum atomic E-state index is -0.513. The van der Waals surface area contributed by atoms with E-state index in [-0.39, 0.29) is 17.9 Å². The van der Waals surface area contributed by atoms with Gasteiger partial charge in [0.25, 0.3) is 5.91 Å². The summed E-state index contributed by atoms with van der Waals surface area (Å²) < 4.78 is 5.88. The van der Waals surface area contributed by atoms with Crippen LogP contribution in [0.4, 0.5) is 0 Å². The van der Waals surface area contributed by atoms with Gasteiger partial charge >= 0.3 is 0 Å². The van der Waals surface area contributed by atoms with Crippen LogP contribution < -0.4 is 15.6 Å². The van der Waals surface area contributed by atoms with Crippen LogP contribution in [0.5, 0.6) is 5.75 Å². The van der Waals surface area contributed by atoms with Gasteiger partial charge in [0.2, 0.25) is 11.8 Å². The molecule has 3 rings (SSSR count). The number of likely N-dealkylation sites (tertiary alicyclic amines) is 1. The SMILES string of the molecule is COc1ccc(Br)cc1C(=O)NNC(=O)C1CC(=O)N(Cc2ccccc2)C1. The number of hydrogen-bond donors (Lipinski definition) is 2. The molecular formula is C20H20BrN3O4. The number of halogens is 1. The standard InChI is InChI=1S/C20H20BrN3O4/c1-28-17-8-7-15(21)10-16(17)20(27)23-22-19(26)14-9-18(25)24(12-14)11-13-5-3-2-4-6-13/h2-8,10,14H,9,11-12H2,1H3,(H,22,26)(H,23,27). The van der Waals surface area contributed by atoms with Crippen molar-refractivity contribution in [2.24, 2.45) is 5.92 Å². The van der Waals surface area contributed by atoms with E-state index in [9.17, 15) is 14.4 Å².